The lowest BCUT2D eigenvalue weighted by molar-refractivity contribution is 0.243. The average Bonchev–Trinajstić information content (AvgIpc) is 3.23. The Labute approximate surface area is 177 Å². The van der Waals surface area contributed by atoms with Crippen LogP contribution in [0, 0.1) is 20.8 Å². The molecule has 0 spiro atoms. The van der Waals surface area contributed by atoms with Crippen molar-refractivity contribution in [3.05, 3.63) is 65.0 Å². The number of aryl methyl sites for hydroxylation is 1. The summed E-state index contributed by atoms with van der Waals surface area (Å²) in [7, 11) is 1.73. The van der Waals surface area contributed by atoms with Crippen LogP contribution >= 0.6 is 0 Å². The van der Waals surface area contributed by atoms with Crippen molar-refractivity contribution >= 4 is 11.6 Å². The zero-order chi connectivity index (χ0) is 21.1. The van der Waals surface area contributed by atoms with Crippen LogP contribution in [0.25, 0.3) is 0 Å². The van der Waals surface area contributed by atoms with Crippen LogP contribution in [0.3, 0.4) is 0 Å². The van der Waals surface area contributed by atoms with E-state index in [1.54, 1.807) is 31.9 Å². The first-order chi connectivity index (χ1) is 14.6. The number of nitrogens with one attached hydrogen (secondary N) is 1. The molecule has 3 heterocycles. The molecule has 1 saturated heterocycles. The normalized spacial score (nSPS) is 16.6. The van der Waals surface area contributed by atoms with Gasteiger partial charge in [0, 0.05) is 18.9 Å². The van der Waals surface area contributed by atoms with Crippen LogP contribution in [0.15, 0.2) is 37.1 Å². The van der Waals surface area contributed by atoms with Gasteiger partial charge in [0.1, 0.15) is 17.4 Å². The van der Waals surface area contributed by atoms with Crippen LogP contribution in [0.1, 0.15) is 46.8 Å². The maximum absolute atomic E-state index is 5.54. The summed E-state index contributed by atoms with van der Waals surface area (Å²) in [6.45, 7) is 8.44. The largest absolute Gasteiger partial charge is 0.496 e. The molecule has 0 radical (unpaired) electrons. The van der Waals surface area contributed by atoms with Crippen LogP contribution in [0.5, 0.6) is 5.75 Å². The fourth-order valence-corrected chi connectivity index (χ4v) is 4.20. The van der Waals surface area contributed by atoms with Crippen molar-refractivity contribution in [2.45, 2.75) is 46.2 Å². The molecule has 1 aliphatic rings. The highest BCUT2D eigenvalue weighted by Gasteiger charge is 2.28. The Bertz CT molecular complexity index is 1020. The van der Waals surface area contributed by atoms with Gasteiger partial charge in [-0.25, -0.2) is 9.97 Å². The predicted octanol–water partition coefficient (Wildman–Crippen LogP) is 4.28. The Hall–Kier alpha value is -3.06. The summed E-state index contributed by atoms with van der Waals surface area (Å²) in [6.07, 6.45) is 10.8. The number of aromatic nitrogens is 4. The predicted molar refractivity (Wildman–Crippen MR) is 117 cm³/mol. The number of rotatable bonds is 6. The van der Waals surface area contributed by atoms with Gasteiger partial charge in [0.2, 0.25) is 0 Å². The van der Waals surface area contributed by atoms with Gasteiger partial charge >= 0.3 is 0 Å². The minimum absolute atomic E-state index is 0.252. The Balaban J connectivity index is 1.56. The Morgan fingerprint density at radius 1 is 1.07 bits per heavy atom. The third kappa shape index (κ3) is 4.11. The van der Waals surface area contributed by atoms with Crippen molar-refractivity contribution in [2.24, 2.45) is 0 Å². The van der Waals surface area contributed by atoms with Crippen molar-refractivity contribution < 1.29 is 4.74 Å². The molecule has 7 heteroatoms. The third-order valence-corrected chi connectivity index (χ3v) is 5.97. The summed E-state index contributed by atoms with van der Waals surface area (Å²) in [5, 5.41) is 3.19. The number of hydrogen-bond acceptors (Lipinski definition) is 7. The molecule has 7 nitrogen and oxygen atoms in total. The Morgan fingerprint density at radius 3 is 2.67 bits per heavy atom. The van der Waals surface area contributed by atoms with Crippen molar-refractivity contribution in [1.82, 2.24) is 24.8 Å². The molecule has 1 fully saturated rings. The highest BCUT2D eigenvalue weighted by Crippen LogP contribution is 2.35. The molecule has 1 aromatic carbocycles. The molecular formula is C23H28N6O. The van der Waals surface area contributed by atoms with Gasteiger partial charge in [0.05, 0.1) is 37.4 Å². The van der Waals surface area contributed by atoms with E-state index in [4.69, 9.17) is 9.72 Å². The third-order valence-electron chi connectivity index (χ3n) is 5.97. The van der Waals surface area contributed by atoms with Gasteiger partial charge < -0.3 is 10.1 Å². The summed E-state index contributed by atoms with van der Waals surface area (Å²) >= 11 is 0. The highest BCUT2D eigenvalue weighted by molar-refractivity contribution is 5.49. The molecule has 0 amide bonds. The number of ether oxygens (including phenoxy) is 1. The molecule has 1 atom stereocenters. The number of hydrogen-bond donors (Lipinski definition) is 1. The van der Waals surface area contributed by atoms with Gasteiger partial charge in [0.15, 0.2) is 0 Å². The van der Waals surface area contributed by atoms with Crippen molar-refractivity contribution in [2.75, 3.05) is 19.0 Å². The van der Waals surface area contributed by atoms with E-state index in [0.29, 0.717) is 11.6 Å². The van der Waals surface area contributed by atoms with E-state index >= 15 is 0 Å². The van der Waals surface area contributed by atoms with Crippen molar-refractivity contribution in [3.8, 4) is 5.75 Å². The second-order valence-electron chi connectivity index (χ2n) is 7.80. The van der Waals surface area contributed by atoms with E-state index < -0.39 is 0 Å². The quantitative estimate of drug-likeness (QED) is 0.657. The molecule has 0 aliphatic carbocycles. The van der Waals surface area contributed by atoms with Crippen LogP contribution in [0.4, 0.5) is 11.6 Å². The van der Waals surface area contributed by atoms with Crippen molar-refractivity contribution in [3.63, 3.8) is 0 Å². The van der Waals surface area contributed by atoms with Gasteiger partial charge in [-0.05, 0) is 68.5 Å². The maximum atomic E-state index is 5.54. The molecule has 0 bridgehead atoms. The second-order valence-corrected chi connectivity index (χ2v) is 7.80. The molecular weight excluding hydrogens is 376 g/mol. The standard InChI is InChI=1S/C23H28N6O/c1-15-10-21(30-4)17(3)16(2)18(15)14-29-9-5-6-20(29)19-11-25-13-23(27-19)28-22-12-24-7-8-26-22/h7-8,10-13,20H,5-6,9,14H2,1-4H3,(H,26,27,28)/t20-/m1/s1. The van der Waals surface area contributed by atoms with E-state index in [9.17, 15) is 0 Å². The zero-order valence-corrected chi connectivity index (χ0v) is 18.0. The van der Waals surface area contributed by atoms with Crippen LogP contribution in [-0.4, -0.2) is 38.5 Å². The summed E-state index contributed by atoms with van der Waals surface area (Å²) < 4.78 is 5.54. The average molecular weight is 405 g/mol. The molecule has 156 valence electrons. The second kappa shape index (κ2) is 8.75. The van der Waals surface area contributed by atoms with Crippen LogP contribution < -0.4 is 10.1 Å². The van der Waals surface area contributed by atoms with Gasteiger partial charge in [-0.15, -0.1) is 0 Å². The molecule has 1 N–H and O–H groups in total. The molecule has 1 aliphatic heterocycles. The minimum atomic E-state index is 0.252. The maximum Gasteiger partial charge on any atom is 0.150 e. The number of likely N-dealkylation sites (tertiary alicyclic amines) is 1. The van der Waals surface area contributed by atoms with Crippen LogP contribution in [0.2, 0.25) is 0 Å². The molecule has 4 rings (SSSR count). The van der Waals surface area contributed by atoms with E-state index in [0.717, 1.165) is 37.4 Å². The summed E-state index contributed by atoms with van der Waals surface area (Å²) in [6, 6.07) is 2.40. The van der Waals surface area contributed by atoms with E-state index in [1.807, 2.05) is 6.20 Å². The summed E-state index contributed by atoms with van der Waals surface area (Å²) in [5.74, 6) is 2.31. The summed E-state index contributed by atoms with van der Waals surface area (Å²) in [5.41, 5.74) is 6.15. The fourth-order valence-electron chi connectivity index (χ4n) is 4.20. The van der Waals surface area contributed by atoms with Crippen molar-refractivity contribution in [1.29, 1.82) is 0 Å². The first-order valence-electron chi connectivity index (χ1n) is 10.3. The van der Waals surface area contributed by atoms with Gasteiger partial charge in [-0.2, -0.15) is 0 Å². The lowest BCUT2D eigenvalue weighted by atomic mass is 9.96. The lowest BCUT2D eigenvalue weighted by Crippen LogP contribution is -2.25. The number of anilines is 2. The van der Waals surface area contributed by atoms with Gasteiger partial charge in [-0.1, -0.05) is 0 Å². The topological polar surface area (TPSA) is 76.1 Å². The first kappa shape index (κ1) is 20.2. The first-order valence-corrected chi connectivity index (χ1v) is 10.3. The minimum Gasteiger partial charge on any atom is -0.496 e. The summed E-state index contributed by atoms with van der Waals surface area (Å²) in [4.78, 5) is 20.1. The number of methoxy groups -OCH3 is 1. The van der Waals surface area contributed by atoms with Crippen LogP contribution in [-0.2, 0) is 6.54 Å². The monoisotopic (exact) mass is 404 g/mol. The molecule has 2 aromatic heterocycles. The molecule has 0 saturated carbocycles. The molecule has 3 aromatic rings. The molecule has 0 unspecified atom stereocenters. The Morgan fingerprint density at radius 2 is 1.90 bits per heavy atom. The van der Waals surface area contributed by atoms with Gasteiger partial charge in [0.25, 0.3) is 0 Å². The zero-order valence-electron chi connectivity index (χ0n) is 18.0. The number of benzene rings is 1. The highest BCUT2D eigenvalue weighted by atomic mass is 16.5. The van der Waals surface area contributed by atoms with Gasteiger partial charge in [-0.3, -0.25) is 14.9 Å². The van der Waals surface area contributed by atoms with E-state index in [-0.39, 0.29) is 6.04 Å². The van der Waals surface area contributed by atoms with E-state index in [1.165, 1.54) is 22.3 Å². The Kier molecular flexibility index (Phi) is 5.90. The lowest BCUT2D eigenvalue weighted by Gasteiger charge is -2.26. The van der Waals surface area contributed by atoms with E-state index in [2.05, 4.69) is 52.0 Å². The number of nitrogens with zero attached hydrogens (tertiary/aromatic N) is 5. The fraction of sp³-hybridized carbons (Fsp3) is 0.391. The SMILES string of the molecule is COc1cc(C)c(CN2CCC[C@@H]2c2cncc(Nc3cnccn3)n2)c(C)c1C. The smallest absolute Gasteiger partial charge is 0.150 e. The molecule has 30 heavy (non-hydrogen) atoms.